The van der Waals surface area contributed by atoms with E-state index in [1.807, 2.05) is 0 Å². The van der Waals surface area contributed by atoms with Crippen molar-refractivity contribution in [2.75, 3.05) is 245 Å². The molecule has 0 rings (SSSR count). The second-order valence-corrected chi connectivity index (χ2v) is 11.8. The molecule has 0 aliphatic rings. The van der Waals surface area contributed by atoms with Crippen LogP contribution in [0.15, 0.2) is 12.7 Å². The third-order valence-corrected chi connectivity index (χ3v) is 7.02. The average Bonchev–Trinajstić information content (AvgIpc) is 3.26. The highest BCUT2D eigenvalue weighted by Gasteiger charge is 1.99. The molecule has 0 N–H and O–H groups in total. The molecule has 0 aromatic heterocycles. The van der Waals surface area contributed by atoms with E-state index in [2.05, 4.69) is 6.58 Å². The second kappa shape index (κ2) is 55.5. The van der Waals surface area contributed by atoms with Crippen molar-refractivity contribution in [1.29, 1.82) is 0 Å². The Bertz CT molecular complexity index is 817. The van der Waals surface area contributed by atoms with Crippen LogP contribution >= 0.6 is 0 Å². The summed E-state index contributed by atoms with van der Waals surface area (Å²) in [6.45, 7) is 20.7. The van der Waals surface area contributed by atoms with Crippen LogP contribution in [0.25, 0.3) is 0 Å². The molecule has 0 heterocycles. The molecule has 0 saturated heterocycles. The van der Waals surface area contributed by atoms with Crippen molar-refractivity contribution in [2.24, 2.45) is 0 Å². The zero-order chi connectivity index (χ0) is 43.2. The normalized spacial score (nSPS) is 11.5. The van der Waals surface area contributed by atoms with Crippen molar-refractivity contribution >= 4 is 5.97 Å². The van der Waals surface area contributed by atoms with Crippen LogP contribution in [0, 0.1) is 0 Å². The highest BCUT2D eigenvalue weighted by Crippen LogP contribution is 1.89. The van der Waals surface area contributed by atoms with E-state index in [9.17, 15) is 4.79 Å². The molecule has 20 heteroatoms. The SMILES string of the molecule is C=CC(=O)OCCOCCOCCOCCOCCOCCOCCOCCOCCOCCOCCOCCOCCOCCOCCOCCOCCOCCOC. The highest BCUT2D eigenvalue weighted by molar-refractivity contribution is 5.81. The number of methoxy groups -OCH3 is 1. The van der Waals surface area contributed by atoms with Gasteiger partial charge in [0.05, 0.1) is 231 Å². The molecular weight excluding hydrogens is 800 g/mol. The summed E-state index contributed by atoms with van der Waals surface area (Å²) >= 11 is 0. The highest BCUT2D eigenvalue weighted by atomic mass is 16.6. The smallest absolute Gasteiger partial charge is 0.330 e. The lowest BCUT2D eigenvalue weighted by atomic mass is 10.6. The molecule has 0 aliphatic carbocycles. The van der Waals surface area contributed by atoms with Crippen LogP contribution in [0.5, 0.6) is 0 Å². The molecule has 0 aromatic carbocycles. The molecule has 0 aliphatic heterocycles. The predicted molar refractivity (Wildman–Crippen MR) is 217 cm³/mol. The molecule has 0 unspecified atom stereocenters. The lowest BCUT2D eigenvalue weighted by Crippen LogP contribution is -2.16. The number of esters is 1. The Labute approximate surface area is 358 Å². The van der Waals surface area contributed by atoms with Crippen molar-refractivity contribution < 1.29 is 94.8 Å². The summed E-state index contributed by atoms with van der Waals surface area (Å²) in [5.74, 6) is -0.463. The number of rotatable bonds is 55. The fourth-order valence-electron chi connectivity index (χ4n) is 4.02. The van der Waals surface area contributed by atoms with Crippen molar-refractivity contribution in [3.63, 3.8) is 0 Å². The number of carbonyl (C=O) groups excluding carboxylic acids is 1. The van der Waals surface area contributed by atoms with Crippen LogP contribution in [-0.4, -0.2) is 251 Å². The van der Waals surface area contributed by atoms with Gasteiger partial charge in [0.15, 0.2) is 0 Å². The maximum atomic E-state index is 10.9. The second-order valence-electron chi connectivity index (χ2n) is 11.8. The summed E-state index contributed by atoms with van der Waals surface area (Å²) in [6.07, 6.45) is 1.11. The first-order chi connectivity index (χ1) is 29.8. The van der Waals surface area contributed by atoms with Crippen LogP contribution < -0.4 is 0 Å². The Morgan fingerprint density at radius 1 is 0.267 bits per heavy atom. The van der Waals surface area contributed by atoms with E-state index in [4.69, 9.17) is 90.0 Å². The summed E-state index contributed by atoms with van der Waals surface area (Å²) in [5, 5.41) is 0. The largest absolute Gasteiger partial charge is 0.460 e. The van der Waals surface area contributed by atoms with Crippen LogP contribution in [0.4, 0.5) is 0 Å². The van der Waals surface area contributed by atoms with E-state index in [1.54, 1.807) is 7.11 Å². The number of carbonyl (C=O) groups is 1. The van der Waals surface area contributed by atoms with Gasteiger partial charge in [-0.25, -0.2) is 4.79 Å². The minimum Gasteiger partial charge on any atom is -0.460 e. The topological polar surface area (TPSA) is 192 Å². The molecule has 0 fully saturated rings. The number of hydrogen-bond acceptors (Lipinski definition) is 20. The monoisotopic (exact) mass is 879 g/mol. The van der Waals surface area contributed by atoms with Gasteiger partial charge in [0.2, 0.25) is 0 Å². The zero-order valence-corrected chi connectivity index (χ0v) is 36.4. The minimum atomic E-state index is -0.463. The minimum absolute atomic E-state index is 0.193. The molecule has 0 radical (unpaired) electrons. The zero-order valence-electron chi connectivity index (χ0n) is 36.4. The van der Waals surface area contributed by atoms with Crippen LogP contribution in [-0.2, 0) is 94.8 Å². The fraction of sp³-hybridized carbons (Fsp3) is 0.925. The van der Waals surface area contributed by atoms with Gasteiger partial charge >= 0.3 is 5.97 Å². The molecule has 358 valence electrons. The number of hydrogen-bond donors (Lipinski definition) is 0. The Balaban J connectivity index is 3.07. The molecule has 0 amide bonds. The molecule has 0 spiro atoms. The van der Waals surface area contributed by atoms with Gasteiger partial charge in [0.1, 0.15) is 6.61 Å². The Morgan fingerprint density at radius 3 is 0.533 bits per heavy atom. The fourth-order valence-corrected chi connectivity index (χ4v) is 4.02. The average molecular weight is 879 g/mol. The molecule has 0 aromatic rings. The lowest BCUT2D eigenvalue weighted by Gasteiger charge is -2.09. The first-order valence-corrected chi connectivity index (χ1v) is 20.9. The third kappa shape index (κ3) is 54.5. The number of ether oxygens (including phenoxy) is 19. The van der Waals surface area contributed by atoms with E-state index >= 15 is 0 Å². The van der Waals surface area contributed by atoms with E-state index in [1.165, 1.54) is 0 Å². The van der Waals surface area contributed by atoms with Gasteiger partial charge in [0, 0.05) is 13.2 Å². The summed E-state index contributed by atoms with van der Waals surface area (Å²) in [5.41, 5.74) is 0. The van der Waals surface area contributed by atoms with Crippen LogP contribution in [0.3, 0.4) is 0 Å². The summed E-state index contributed by atoms with van der Waals surface area (Å²) in [7, 11) is 1.64. The van der Waals surface area contributed by atoms with Crippen molar-refractivity contribution in [1.82, 2.24) is 0 Å². The molecular formula is C40H78O20. The van der Waals surface area contributed by atoms with Crippen molar-refractivity contribution in [3.05, 3.63) is 12.7 Å². The Kier molecular flexibility index (Phi) is 54.1. The Morgan fingerprint density at radius 2 is 0.400 bits per heavy atom. The van der Waals surface area contributed by atoms with Gasteiger partial charge in [-0.2, -0.15) is 0 Å². The Hall–Kier alpha value is -1.51. The lowest BCUT2D eigenvalue weighted by molar-refractivity contribution is -0.139. The van der Waals surface area contributed by atoms with Gasteiger partial charge in [-0.3, -0.25) is 0 Å². The summed E-state index contributed by atoms with van der Waals surface area (Å²) < 4.78 is 102. The van der Waals surface area contributed by atoms with E-state index in [0.29, 0.717) is 231 Å². The van der Waals surface area contributed by atoms with Crippen LogP contribution in [0.1, 0.15) is 0 Å². The first kappa shape index (κ1) is 58.5. The van der Waals surface area contributed by atoms with E-state index in [0.717, 1.165) is 6.08 Å². The van der Waals surface area contributed by atoms with Gasteiger partial charge in [-0.1, -0.05) is 6.58 Å². The molecule has 20 nitrogen and oxygen atoms in total. The quantitative estimate of drug-likeness (QED) is 0.0469. The molecule has 0 saturated carbocycles. The summed E-state index contributed by atoms with van der Waals surface area (Å²) in [4.78, 5) is 10.9. The molecule has 0 bridgehead atoms. The summed E-state index contributed by atoms with van der Waals surface area (Å²) in [6, 6.07) is 0. The molecule has 60 heavy (non-hydrogen) atoms. The molecule has 0 atom stereocenters. The maximum absolute atomic E-state index is 10.9. The van der Waals surface area contributed by atoms with E-state index < -0.39 is 5.97 Å². The van der Waals surface area contributed by atoms with Gasteiger partial charge in [-0.15, -0.1) is 0 Å². The third-order valence-electron chi connectivity index (χ3n) is 7.02. The van der Waals surface area contributed by atoms with Crippen molar-refractivity contribution in [3.8, 4) is 0 Å². The van der Waals surface area contributed by atoms with Gasteiger partial charge in [0.25, 0.3) is 0 Å². The first-order valence-electron chi connectivity index (χ1n) is 20.9. The van der Waals surface area contributed by atoms with Crippen molar-refractivity contribution in [2.45, 2.75) is 0 Å². The van der Waals surface area contributed by atoms with Crippen LogP contribution in [0.2, 0.25) is 0 Å². The van der Waals surface area contributed by atoms with E-state index in [-0.39, 0.29) is 6.61 Å². The standard InChI is InChI=1S/C40H78O20/c1-3-40(41)60-39-38-59-37-36-58-35-34-57-33-32-56-31-30-55-29-28-54-27-26-53-25-24-52-23-22-51-21-20-50-19-18-49-17-16-48-15-14-47-13-12-46-11-10-45-9-8-44-7-6-43-5-4-42-2/h3H,1,4-39H2,2H3. The van der Waals surface area contributed by atoms with Gasteiger partial charge in [-0.05, 0) is 0 Å². The maximum Gasteiger partial charge on any atom is 0.330 e. The van der Waals surface area contributed by atoms with Gasteiger partial charge < -0.3 is 90.0 Å². The predicted octanol–water partition coefficient (Wildman–Crippen LogP) is 0.644.